The Hall–Kier alpha value is -2.66. The summed E-state index contributed by atoms with van der Waals surface area (Å²) in [4.78, 5) is 15.6. The standard InChI is InChI=1S/C18H17N3OS/c1-12-3-5-14(6-4-12)17-11-23-18(21-17)20-16-9-7-15(8-10-16)19-13(2)22/h3-11H,1-2H3,(H,19,22)(H,20,21). The summed E-state index contributed by atoms with van der Waals surface area (Å²) in [6.45, 7) is 3.57. The van der Waals surface area contributed by atoms with Gasteiger partial charge in [0.05, 0.1) is 5.69 Å². The van der Waals surface area contributed by atoms with E-state index in [0.29, 0.717) is 0 Å². The van der Waals surface area contributed by atoms with E-state index in [2.05, 4.69) is 46.8 Å². The van der Waals surface area contributed by atoms with Crippen LogP contribution in [0.1, 0.15) is 12.5 Å². The molecule has 1 amide bonds. The molecule has 0 fully saturated rings. The fourth-order valence-electron chi connectivity index (χ4n) is 2.15. The van der Waals surface area contributed by atoms with Gasteiger partial charge in [-0.25, -0.2) is 4.98 Å². The van der Waals surface area contributed by atoms with Gasteiger partial charge in [0.1, 0.15) is 0 Å². The molecule has 3 aromatic rings. The number of hydrogen-bond donors (Lipinski definition) is 2. The molecule has 2 N–H and O–H groups in total. The Kier molecular flexibility index (Phi) is 4.39. The molecule has 0 spiro atoms. The predicted octanol–water partition coefficient (Wildman–Crippen LogP) is 4.82. The van der Waals surface area contributed by atoms with E-state index < -0.39 is 0 Å². The maximum atomic E-state index is 11.0. The Bertz CT molecular complexity index is 807. The summed E-state index contributed by atoms with van der Waals surface area (Å²) in [6.07, 6.45) is 0. The number of anilines is 3. The molecular formula is C18H17N3OS. The molecule has 0 radical (unpaired) electrons. The second-order valence-corrected chi connectivity index (χ2v) is 6.15. The van der Waals surface area contributed by atoms with Crippen molar-refractivity contribution in [3.63, 3.8) is 0 Å². The van der Waals surface area contributed by atoms with Crippen molar-refractivity contribution < 1.29 is 4.79 Å². The number of nitrogens with zero attached hydrogens (tertiary/aromatic N) is 1. The first kappa shape index (κ1) is 15.2. The number of aryl methyl sites for hydroxylation is 1. The lowest BCUT2D eigenvalue weighted by Crippen LogP contribution is -2.05. The highest BCUT2D eigenvalue weighted by Gasteiger charge is 2.05. The topological polar surface area (TPSA) is 54.0 Å². The lowest BCUT2D eigenvalue weighted by molar-refractivity contribution is -0.114. The van der Waals surface area contributed by atoms with Crippen molar-refractivity contribution in [2.24, 2.45) is 0 Å². The molecule has 0 unspecified atom stereocenters. The highest BCUT2D eigenvalue weighted by atomic mass is 32.1. The molecule has 0 bridgehead atoms. The Labute approximate surface area is 139 Å². The second kappa shape index (κ2) is 6.62. The second-order valence-electron chi connectivity index (χ2n) is 5.29. The van der Waals surface area contributed by atoms with Gasteiger partial charge in [0.15, 0.2) is 5.13 Å². The zero-order valence-corrected chi connectivity index (χ0v) is 13.8. The number of nitrogens with one attached hydrogen (secondary N) is 2. The summed E-state index contributed by atoms with van der Waals surface area (Å²) >= 11 is 1.57. The van der Waals surface area contributed by atoms with Gasteiger partial charge in [0.25, 0.3) is 0 Å². The van der Waals surface area contributed by atoms with Crippen LogP contribution in [0.15, 0.2) is 53.9 Å². The monoisotopic (exact) mass is 323 g/mol. The number of carbonyl (C=O) groups excluding carboxylic acids is 1. The van der Waals surface area contributed by atoms with Crippen molar-refractivity contribution in [1.29, 1.82) is 0 Å². The zero-order chi connectivity index (χ0) is 16.2. The Morgan fingerprint density at radius 2 is 1.65 bits per heavy atom. The minimum Gasteiger partial charge on any atom is -0.332 e. The minimum absolute atomic E-state index is 0.0756. The number of benzene rings is 2. The van der Waals surface area contributed by atoms with Gasteiger partial charge in [0.2, 0.25) is 5.91 Å². The summed E-state index contributed by atoms with van der Waals surface area (Å²) in [7, 11) is 0. The van der Waals surface area contributed by atoms with E-state index in [-0.39, 0.29) is 5.91 Å². The van der Waals surface area contributed by atoms with Crippen LogP contribution in [0.3, 0.4) is 0 Å². The third kappa shape index (κ3) is 3.96. The number of aromatic nitrogens is 1. The van der Waals surface area contributed by atoms with Gasteiger partial charge in [-0.05, 0) is 31.2 Å². The van der Waals surface area contributed by atoms with E-state index in [0.717, 1.165) is 27.8 Å². The van der Waals surface area contributed by atoms with Crippen molar-refractivity contribution in [2.45, 2.75) is 13.8 Å². The molecule has 116 valence electrons. The summed E-state index contributed by atoms with van der Waals surface area (Å²) in [5, 5.41) is 8.91. The van der Waals surface area contributed by atoms with Gasteiger partial charge >= 0.3 is 0 Å². The summed E-state index contributed by atoms with van der Waals surface area (Å²) in [5.41, 5.74) is 5.03. The van der Waals surface area contributed by atoms with Gasteiger partial charge in [0, 0.05) is 29.2 Å². The molecule has 1 aromatic heterocycles. The molecule has 0 aliphatic carbocycles. The number of carbonyl (C=O) groups is 1. The SMILES string of the molecule is CC(=O)Nc1ccc(Nc2nc(-c3ccc(C)cc3)cs2)cc1. The molecular weight excluding hydrogens is 306 g/mol. The molecule has 1 heterocycles. The van der Waals surface area contributed by atoms with E-state index in [1.165, 1.54) is 12.5 Å². The molecule has 0 aliphatic rings. The number of hydrogen-bond acceptors (Lipinski definition) is 4. The van der Waals surface area contributed by atoms with E-state index in [9.17, 15) is 4.79 Å². The van der Waals surface area contributed by atoms with Crippen LogP contribution in [0.5, 0.6) is 0 Å². The van der Waals surface area contributed by atoms with E-state index in [1.807, 2.05) is 29.6 Å². The molecule has 0 saturated carbocycles. The normalized spacial score (nSPS) is 10.3. The van der Waals surface area contributed by atoms with Gasteiger partial charge < -0.3 is 10.6 Å². The lowest BCUT2D eigenvalue weighted by Gasteiger charge is -2.05. The van der Waals surface area contributed by atoms with E-state index >= 15 is 0 Å². The number of amides is 1. The van der Waals surface area contributed by atoms with E-state index in [1.54, 1.807) is 11.3 Å². The van der Waals surface area contributed by atoms with Gasteiger partial charge in [-0.3, -0.25) is 4.79 Å². The van der Waals surface area contributed by atoms with Crippen LogP contribution in [0.25, 0.3) is 11.3 Å². The van der Waals surface area contributed by atoms with Crippen molar-refractivity contribution in [1.82, 2.24) is 4.98 Å². The molecule has 3 rings (SSSR count). The molecule has 5 heteroatoms. The molecule has 4 nitrogen and oxygen atoms in total. The van der Waals surface area contributed by atoms with Gasteiger partial charge in [-0.1, -0.05) is 29.8 Å². The molecule has 0 saturated heterocycles. The number of thiazole rings is 1. The molecule has 23 heavy (non-hydrogen) atoms. The number of rotatable bonds is 4. The first-order valence-electron chi connectivity index (χ1n) is 7.27. The van der Waals surface area contributed by atoms with Gasteiger partial charge in [-0.15, -0.1) is 11.3 Å². The Morgan fingerprint density at radius 1 is 1.00 bits per heavy atom. The summed E-state index contributed by atoms with van der Waals surface area (Å²) in [6, 6.07) is 15.9. The van der Waals surface area contributed by atoms with Crippen molar-refractivity contribution >= 4 is 33.8 Å². The van der Waals surface area contributed by atoms with Crippen LogP contribution >= 0.6 is 11.3 Å². The maximum absolute atomic E-state index is 11.0. The fourth-order valence-corrected chi connectivity index (χ4v) is 2.89. The molecule has 0 atom stereocenters. The predicted molar refractivity (Wildman–Crippen MR) is 96.3 cm³/mol. The van der Waals surface area contributed by atoms with Crippen molar-refractivity contribution in [3.8, 4) is 11.3 Å². The smallest absolute Gasteiger partial charge is 0.221 e. The highest BCUT2D eigenvalue weighted by molar-refractivity contribution is 7.14. The maximum Gasteiger partial charge on any atom is 0.221 e. The minimum atomic E-state index is -0.0756. The zero-order valence-electron chi connectivity index (χ0n) is 13.0. The average molecular weight is 323 g/mol. The van der Waals surface area contributed by atoms with Crippen LogP contribution in [-0.4, -0.2) is 10.9 Å². The quantitative estimate of drug-likeness (QED) is 0.723. The van der Waals surface area contributed by atoms with Crippen LogP contribution in [0.4, 0.5) is 16.5 Å². The van der Waals surface area contributed by atoms with Crippen molar-refractivity contribution in [2.75, 3.05) is 10.6 Å². The third-order valence-corrected chi connectivity index (χ3v) is 4.07. The third-order valence-electron chi connectivity index (χ3n) is 3.31. The average Bonchev–Trinajstić information content (AvgIpc) is 2.98. The summed E-state index contributed by atoms with van der Waals surface area (Å²) < 4.78 is 0. The Morgan fingerprint density at radius 3 is 2.30 bits per heavy atom. The van der Waals surface area contributed by atoms with Crippen LogP contribution in [0, 0.1) is 6.92 Å². The first-order valence-corrected chi connectivity index (χ1v) is 8.15. The first-order chi connectivity index (χ1) is 11.1. The van der Waals surface area contributed by atoms with Crippen LogP contribution in [0.2, 0.25) is 0 Å². The van der Waals surface area contributed by atoms with E-state index in [4.69, 9.17) is 0 Å². The molecule has 0 aliphatic heterocycles. The van der Waals surface area contributed by atoms with Crippen molar-refractivity contribution in [3.05, 3.63) is 59.5 Å². The Balaban J connectivity index is 1.71. The fraction of sp³-hybridized carbons (Fsp3) is 0.111. The van der Waals surface area contributed by atoms with Crippen LogP contribution in [-0.2, 0) is 4.79 Å². The molecule has 2 aromatic carbocycles. The lowest BCUT2D eigenvalue weighted by atomic mass is 10.1. The van der Waals surface area contributed by atoms with Gasteiger partial charge in [-0.2, -0.15) is 0 Å². The highest BCUT2D eigenvalue weighted by Crippen LogP contribution is 2.27. The largest absolute Gasteiger partial charge is 0.332 e. The summed E-state index contributed by atoms with van der Waals surface area (Å²) in [5.74, 6) is -0.0756. The van der Waals surface area contributed by atoms with Crippen LogP contribution < -0.4 is 10.6 Å².